The first-order chi connectivity index (χ1) is 10.6. The van der Waals surface area contributed by atoms with Gasteiger partial charge in [0, 0.05) is 24.5 Å². The van der Waals surface area contributed by atoms with Gasteiger partial charge in [-0.3, -0.25) is 10.1 Å². The Morgan fingerprint density at radius 1 is 1.55 bits per heavy atom. The number of nitrogens with zero attached hydrogens (tertiary/aromatic N) is 2. The second kappa shape index (κ2) is 6.15. The average Bonchev–Trinajstić information content (AvgIpc) is 2.95. The molecule has 0 aromatic heterocycles. The highest BCUT2D eigenvalue weighted by Crippen LogP contribution is 2.39. The molecule has 116 valence electrons. The Labute approximate surface area is 133 Å². The Hall–Kier alpha value is -1.78. The van der Waals surface area contributed by atoms with E-state index in [2.05, 4.69) is 5.32 Å². The van der Waals surface area contributed by atoms with E-state index in [4.69, 9.17) is 10.00 Å². The van der Waals surface area contributed by atoms with Crippen LogP contribution in [-0.2, 0) is 4.74 Å². The van der Waals surface area contributed by atoms with Crippen LogP contribution in [0.4, 0.5) is 11.4 Å². The van der Waals surface area contributed by atoms with E-state index in [1.165, 1.54) is 6.07 Å². The lowest BCUT2D eigenvalue weighted by Gasteiger charge is -2.38. The van der Waals surface area contributed by atoms with Gasteiger partial charge in [-0.15, -0.1) is 0 Å². The maximum Gasteiger partial charge on any atom is 0.293 e. The zero-order valence-electron chi connectivity index (χ0n) is 12.1. The number of benzene rings is 1. The summed E-state index contributed by atoms with van der Waals surface area (Å²) in [7, 11) is 0. The van der Waals surface area contributed by atoms with Gasteiger partial charge in [-0.05, 0) is 37.1 Å². The van der Waals surface area contributed by atoms with E-state index in [0.29, 0.717) is 17.9 Å². The minimum absolute atomic E-state index is 0.0413. The van der Waals surface area contributed by atoms with Crippen LogP contribution in [0.15, 0.2) is 18.2 Å². The molecule has 2 aliphatic rings. The maximum atomic E-state index is 11.2. The molecule has 0 saturated carbocycles. The molecule has 2 atom stereocenters. The number of rotatable bonds is 3. The first-order valence-electron chi connectivity index (χ1n) is 7.29. The van der Waals surface area contributed by atoms with Gasteiger partial charge in [-0.2, -0.15) is 17.0 Å². The molecule has 0 amide bonds. The van der Waals surface area contributed by atoms with E-state index in [1.54, 1.807) is 12.1 Å². The fraction of sp³-hybridized carbons (Fsp3) is 0.533. The molecular formula is C15H17N3O3S. The van der Waals surface area contributed by atoms with Crippen molar-refractivity contribution in [2.75, 3.05) is 23.4 Å². The summed E-state index contributed by atoms with van der Waals surface area (Å²) >= 11 is 1.90. The van der Waals surface area contributed by atoms with Crippen LogP contribution in [0.25, 0.3) is 0 Å². The molecule has 22 heavy (non-hydrogen) atoms. The van der Waals surface area contributed by atoms with Gasteiger partial charge < -0.3 is 10.1 Å². The number of anilines is 1. The molecule has 2 aliphatic heterocycles. The minimum Gasteiger partial charge on any atom is -0.377 e. The standard InChI is InChI=1S/C15H17N3O3S/c16-9-11-1-2-13(14(7-11)18(19)20)17-12-3-5-21-15(8-12)4-6-22-10-15/h1-2,7,12,17H,3-6,8,10H2/t12-,15+/m0/s1. The quantitative estimate of drug-likeness (QED) is 0.680. The Morgan fingerprint density at radius 2 is 2.41 bits per heavy atom. The van der Waals surface area contributed by atoms with Gasteiger partial charge in [0.25, 0.3) is 5.69 Å². The van der Waals surface area contributed by atoms with E-state index in [-0.39, 0.29) is 17.3 Å². The van der Waals surface area contributed by atoms with Crippen LogP contribution < -0.4 is 5.32 Å². The first kappa shape index (κ1) is 15.1. The van der Waals surface area contributed by atoms with E-state index in [1.807, 2.05) is 17.8 Å². The fourth-order valence-corrected chi connectivity index (χ4v) is 4.49. The highest BCUT2D eigenvalue weighted by Gasteiger charge is 2.40. The summed E-state index contributed by atoms with van der Waals surface area (Å²) in [5, 5.41) is 23.4. The zero-order chi connectivity index (χ0) is 15.6. The molecule has 6 nitrogen and oxygen atoms in total. The van der Waals surface area contributed by atoms with Crippen molar-refractivity contribution in [1.29, 1.82) is 5.26 Å². The van der Waals surface area contributed by atoms with Crippen molar-refractivity contribution in [3.05, 3.63) is 33.9 Å². The monoisotopic (exact) mass is 319 g/mol. The summed E-state index contributed by atoms with van der Waals surface area (Å²) in [4.78, 5) is 10.8. The van der Waals surface area contributed by atoms with E-state index >= 15 is 0 Å². The van der Waals surface area contributed by atoms with Gasteiger partial charge >= 0.3 is 0 Å². The second-order valence-corrected chi connectivity index (χ2v) is 6.87. The van der Waals surface area contributed by atoms with Gasteiger partial charge in [0.05, 0.1) is 22.2 Å². The molecule has 1 aromatic carbocycles. The topological polar surface area (TPSA) is 88.2 Å². The number of hydrogen-bond acceptors (Lipinski definition) is 6. The van der Waals surface area contributed by atoms with Gasteiger partial charge in [-0.25, -0.2) is 0 Å². The zero-order valence-corrected chi connectivity index (χ0v) is 12.9. The normalized spacial score (nSPS) is 27.5. The van der Waals surface area contributed by atoms with E-state index in [9.17, 15) is 10.1 Å². The summed E-state index contributed by atoms with van der Waals surface area (Å²) in [5.41, 5.74) is 0.673. The molecule has 0 radical (unpaired) electrons. The highest BCUT2D eigenvalue weighted by molar-refractivity contribution is 7.99. The number of nitriles is 1. The molecule has 2 saturated heterocycles. The number of hydrogen-bond donors (Lipinski definition) is 1. The highest BCUT2D eigenvalue weighted by atomic mass is 32.2. The lowest BCUT2D eigenvalue weighted by molar-refractivity contribution is -0.384. The summed E-state index contributed by atoms with van der Waals surface area (Å²) in [6.45, 7) is 0.683. The minimum atomic E-state index is -0.441. The molecule has 3 rings (SSSR count). The van der Waals surface area contributed by atoms with E-state index in [0.717, 1.165) is 30.8 Å². The predicted octanol–water partition coefficient (Wildman–Crippen LogP) is 2.93. The van der Waals surface area contributed by atoms with Crippen LogP contribution in [-0.4, -0.2) is 34.7 Å². The van der Waals surface area contributed by atoms with Gasteiger partial charge in [0.1, 0.15) is 5.69 Å². The Kier molecular flexibility index (Phi) is 4.23. The van der Waals surface area contributed by atoms with Gasteiger partial charge in [-0.1, -0.05) is 0 Å². The van der Waals surface area contributed by atoms with Crippen molar-refractivity contribution in [1.82, 2.24) is 0 Å². The van der Waals surface area contributed by atoms with Gasteiger partial charge in [0.15, 0.2) is 0 Å². The maximum absolute atomic E-state index is 11.2. The lowest BCUT2D eigenvalue weighted by Crippen LogP contribution is -2.44. The third kappa shape index (κ3) is 3.03. The van der Waals surface area contributed by atoms with Crippen molar-refractivity contribution >= 4 is 23.1 Å². The second-order valence-electron chi connectivity index (χ2n) is 5.77. The van der Waals surface area contributed by atoms with Crippen molar-refractivity contribution in [2.24, 2.45) is 0 Å². The molecule has 0 unspecified atom stereocenters. The Balaban J connectivity index is 1.78. The first-order valence-corrected chi connectivity index (χ1v) is 8.44. The molecule has 7 heteroatoms. The summed E-state index contributed by atoms with van der Waals surface area (Å²) < 4.78 is 5.97. The Morgan fingerprint density at radius 3 is 3.09 bits per heavy atom. The number of ether oxygens (including phenoxy) is 1. The molecule has 0 bridgehead atoms. The molecule has 2 heterocycles. The van der Waals surface area contributed by atoms with Crippen LogP contribution in [0.3, 0.4) is 0 Å². The molecule has 1 spiro atoms. The molecule has 1 N–H and O–H groups in total. The molecule has 2 fully saturated rings. The van der Waals surface area contributed by atoms with Crippen LogP contribution in [0, 0.1) is 21.4 Å². The predicted molar refractivity (Wildman–Crippen MR) is 85.1 cm³/mol. The third-order valence-electron chi connectivity index (χ3n) is 4.24. The number of nitro groups is 1. The largest absolute Gasteiger partial charge is 0.377 e. The number of nitrogens with one attached hydrogen (secondary N) is 1. The lowest BCUT2D eigenvalue weighted by atomic mass is 9.89. The SMILES string of the molecule is N#Cc1ccc(N[C@H]2CCO[C@]3(CCSC3)C2)c([N+](=O)[O-])c1. The number of thioether (sulfide) groups is 1. The molecule has 1 aromatic rings. The summed E-state index contributed by atoms with van der Waals surface area (Å²) in [6, 6.07) is 6.66. The van der Waals surface area contributed by atoms with Gasteiger partial charge in [0.2, 0.25) is 0 Å². The number of nitro benzene ring substituents is 1. The van der Waals surface area contributed by atoms with Crippen LogP contribution >= 0.6 is 11.8 Å². The van der Waals surface area contributed by atoms with Crippen LogP contribution in [0.5, 0.6) is 0 Å². The molecular weight excluding hydrogens is 302 g/mol. The van der Waals surface area contributed by atoms with Crippen molar-refractivity contribution in [2.45, 2.75) is 30.9 Å². The van der Waals surface area contributed by atoms with Crippen molar-refractivity contribution in [3.8, 4) is 6.07 Å². The van der Waals surface area contributed by atoms with Crippen LogP contribution in [0.1, 0.15) is 24.8 Å². The molecule has 0 aliphatic carbocycles. The average molecular weight is 319 g/mol. The Bertz CT molecular complexity index is 623. The fourth-order valence-electron chi connectivity index (χ4n) is 3.11. The van der Waals surface area contributed by atoms with E-state index < -0.39 is 4.92 Å². The van der Waals surface area contributed by atoms with Crippen molar-refractivity contribution in [3.63, 3.8) is 0 Å². The smallest absolute Gasteiger partial charge is 0.293 e. The third-order valence-corrected chi connectivity index (χ3v) is 5.47. The van der Waals surface area contributed by atoms with Crippen LogP contribution in [0.2, 0.25) is 0 Å². The summed E-state index contributed by atoms with van der Waals surface area (Å²) in [5.74, 6) is 2.12. The summed E-state index contributed by atoms with van der Waals surface area (Å²) in [6.07, 6.45) is 2.76. The van der Waals surface area contributed by atoms with Crippen molar-refractivity contribution < 1.29 is 9.66 Å².